The van der Waals surface area contributed by atoms with Crippen molar-refractivity contribution in [1.29, 1.82) is 0 Å². The van der Waals surface area contributed by atoms with Crippen molar-refractivity contribution >= 4 is 0 Å². The molecule has 0 unspecified atom stereocenters. The van der Waals surface area contributed by atoms with Crippen molar-refractivity contribution in [2.24, 2.45) is 0 Å². The van der Waals surface area contributed by atoms with Crippen LogP contribution in [0.25, 0.3) is 11.4 Å². The zero-order valence-corrected chi connectivity index (χ0v) is 14.2. The molecule has 1 heterocycles. The Morgan fingerprint density at radius 3 is 2.64 bits per heavy atom. The smallest absolute Gasteiger partial charge is 0.240 e. The molecule has 1 aromatic heterocycles. The van der Waals surface area contributed by atoms with E-state index < -0.39 is 0 Å². The molecule has 0 aliphatic rings. The lowest BCUT2D eigenvalue weighted by Gasteiger charge is -2.13. The number of ether oxygens (including phenoxy) is 1. The molecule has 0 radical (unpaired) electrons. The summed E-state index contributed by atoms with van der Waals surface area (Å²) in [6, 6.07) is 14.0. The van der Waals surface area contributed by atoms with E-state index in [9.17, 15) is 4.39 Å². The van der Waals surface area contributed by atoms with Crippen molar-refractivity contribution in [1.82, 2.24) is 15.5 Å². The molecule has 0 saturated heterocycles. The fourth-order valence-corrected chi connectivity index (χ4v) is 2.49. The molecular formula is C19H20FN3O2. The van der Waals surface area contributed by atoms with Crippen LogP contribution in [-0.2, 0) is 6.54 Å². The summed E-state index contributed by atoms with van der Waals surface area (Å²) in [6.07, 6.45) is 0. The van der Waals surface area contributed by atoms with Crippen LogP contribution < -0.4 is 10.1 Å². The Labute approximate surface area is 145 Å². The zero-order chi connectivity index (χ0) is 17.6. The first-order valence-corrected chi connectivity index (χ1v) is 8.21. The highest BCUT2D eigenvalue weighted by Crippen LogP contribution is 2.21. The van der Waals surface area contributed by atoms with Crippen molar-refractivity contribution in [2.45, 2.75) is 26.4 Å². The molecule has 3 aromatic rings. The summed E-state index contributed by atoms with van der Waals surface area (Å²) < 4.78 is 24.5. The molecule has 0 fully saturated rings. The summed E-state index contributed by atoms with van der Waals surface area (Å²) in [6.45, 7) is 4.81. The normalized spacial score (nSPS) is 12.1. The lowest BCUT2D eigenvalue weighted by molar-refractivity contribution is 0.340. The molecule has 6 heteroatoms. The fourth-order valence-electron chi connectivity index (χ4n) is 2.49. The molecule has 0 spiro atoms. The van der Waals surface area contributed by atoms with E-state index in [-0.39, 0.29) is 11.9 Å². The molecule has 0 bridgehead atoms. The number of hydrogen-bond donors (Lipinski definition) is 1. The van der Waals surface area contributed by atoms with E-state index in [0.29, 0.717) is 30.4 Å². The number of aromatic nitrogens is 2. The van der Waals surface area contributed by atoms with Gasteiger partial charge in [0.1, 0.15) is 11.6 Å². The molecule has 2 aromatic carbocycles. The second-order valence-corrected chi connectivity index (χ2v) is 5.59. The van der Waals surface area contributed by atoms with Gasteiger partial charge in [-0.15, -0.1) is 0 Å². The number of hydrogen-bond acceptors (Lipinski definition) is 5. The maximum atomic E-state index is 13.8. The summed E-state index contributed by atoms with van der Waals surface area (Å²) in [4.78, 5) is 4.37. The van der Waals surface area contributed by atoms with Gasteiger partial charge in [0.15, 0.2) is 0 Å². The van der Waals surface area contributed by atoms with E-state index in [4.69, 9.17) is 9.26 Å². The fraction of sp³-hybridized carbons (Fsp3) is 0.263. The summed E-state index contributed by atoms with van der Waals surface area (Å²) in [5.41, 5.74) is 1.45. The van der Waals surface area contributed by atoms with Crippen LogP contribution in [0.1, 0.15) is 31.3 Å². The largest absolute Gasteiger partial charge is 0.494 e. The third kappa shape index (κ3) is 4.22. The van der Waals surface area contributed by atoms with Gasteiger partial charge < -0.3 is 14.6 Å². The highest BCUT2D eigenvalue weighted by Gasteiger charge is 2.13. The second kappa shape index (κ2) is 7.90. The molecule has 0 aliphatic carbocycles. The third-order valence-corrected chi connectivity index (χ3v) is 3.82. The Kier molecular flexibility index (Phi) is 5.40. The molecule has 1 N–H and O–H groups in total. The van der Waals surface area contributed by atoms with Gasteiger partial charge in [0.25, 0.3) is 0 Å². The predicted octanol–water partition coefficient (Wildman–Crippen LogP) is 4.13. The predicted molar refractivity (Wildman–Crippen MR) is 92.6 cm³/mol. The van der Waals surface area contributed by atoms with Crippen molar-refractivity contribution in [2.75, 3.05) is 6.61 Å². The van der Waals surface area contributed by atoms with Gasteiger partial charge in [0, 0.05) is 17.2 Å². The van der Waals surface area contributed by atoms with Crippen LogP contribution in [0.4, 0.5) is 4.39 Å². The number of nitrogens with one attached hydrogen (secondary N) is 1. The minimum atomic E-state index is -0.233. The minimum absolute atomic E-state index is 0.165. The van der Waals surface area contributed by atoms with Gasteiger partial charge in [-0.25, -0.2) is 4.39 Å². The van der Waals surface area contributed by atoms with Gasteiger partial charge in [-0.1, -0.05) is 23.4 Å². The van der Waals surface area contributed by atoms with Crippen LogP contribution in [0.3, 0.4) is 0 Å². The Morgan fingerprint density at radius 2 is 1.92 bits per heavy atom. The van der Waals surface area contributed by atoms with E-state index in [1.54, 1.807) is 12.1 Å². The maximum absolute atomic E-state index is 13.8. The Hall–Kier alpha value is -2.73. The number of benzene rings is 2. The lowest BCUT2D eigenvalue weighted by atomic mass is 10.1. The first-order valence-electron chi connectivity index (χ1n) is 8.21. The molecule has 25 heavy (non-hydrogen) atoms. The van der Waals surface area contributed by atoms with Crippen LogP contribution in [-0.4, -0.2) is 16.7 Å². The maximum Gasteiger partial charge on any atom is 0.240 e. The van der Waals surface area contributed by atoms with Crippen molar-refractivity contribution in [3.63, 3.8) is 0 Å². The summed E-state index contributed by atoms with van der Waals surface area (Å²) in [5.74, 6) is 1.53. The summed E-state index contributed by atoms with van der Waals surface area (Å²) in [5, 5.41) is 7.18. The average Bonchev–Trinajstić information content (AvgIpc) is 3.10. The summed E-state index contributed by atoms with van der Waals surface area (Å²) >= 11 is 0. The molecule has 5 nitrogen and oxygen atoms in total. The minimum Gasteiger partial charge on any atom is -0.494 e. The van der Waals surface area contributed by atoms with E-state index in [1.165, 1.54) is 6.07 Å². The average molecular weight is 341 g/mol. The van der Waals surface area contributed by atoms with E-state index in [1.807, 2.05) is 44.2 Å². The number of rotatable bonds is 7. The van der Waals surface area contributed by atoms with Crippen LogP contribution in [0.15, 0.2) is 53.1 Å². The van der Waals surface area contributed by atoms with E-state index in [0.717, 1.165) is 11.3 Å². The number of nitrogens with zero attached hydrogens (tertiary/aromatic N) is 2. The Balaban J connectivity index is 1.63. The number of halogens is 1. The molecule has 0 amide bonds. The third-order valence-electron chi connectivity index (χ3n) is 3.82. The molecule has 130 valence electrons. The Bertz CT molecular complexity index is 818. The van der Waals surface area contributed by atoms with Gasteiger partial charge in [0.05, 0.1) is 13.2 Å². The molecular weight excluding hydrogens is 321 g/mol. The van der Waals surface area contributed by atoms with E-state index in [2.05, 4.69) is 15.5 Å². The van der Waals surface area contributed by atoms with Crippen LogP contribution in [0, 0.1) is 5.82 Å². The second-order valence-electron chi connectivity index (χ2n) is 5.59. The SMILES string of the molecule is CCOc1ccc(-c2noc(CN[C@@H](C)c3ccccc3F)n2)cc1. The van der Waals surface area contributed by atoms with Crippen LogP contribution in [0.5, 0.6) is 5.75 Å². The van der Waals surface area contributed by atoms with Gasteiger partial charge in [-0.3, -0.25) is 0 Å². The first kappa shape index (κ1) is 17.1. The van der Waals surface area contributed by atoms with Gasteiger partial charge >= 0.3 is 0 Å². The molecule has 3 rings (SSSR count). The van der Waals surface area contributed by atoms with Crippen molar-refractivity contribution < 1.29 is 13.7 Å². The summed E-state index contributed by atoms with van der Waals surface area (Å²) in [7, 11) is 0. The van der Waals surface area contributed by atoms with Gasteiger partial charge in [-0.05, 0) is 44.2 Å². The zero-order valence-electron chi connectivity index (χ0n) is 14.2. The standard InChI is InChI=1S/C19H20FN3O2/c1-3-24-15-10-8-14(9-11-15)19-22-18(25-23-19)12-21-13(2)16-6-4-5-7-17(16)20/h4-11,13,21H,3,12H2,1-2H3/t13-/m0/s1. The topological polar surface area (TPSA) is 60.2 Å². The van der Waals surface area contributed by atoms with Crippen LogP contribution >= 0.6 is 0 Å². The van der Waals surface area contributed by atoms with Gasteiger partial charge in [-0.2, -0.15) is 4.98 Å². The van der Waals surface area contributed by atoms with Crippen LogP contribution in [0.2, 0.25) is 0 Å². The molecule has 0 aliphatic heterocycles. The van der Waals surface area contributed by atoms with Crippen molar-refractivity contribution in [3.05, 3.63) is 65.8 Å². The van der Waals surface area contributed by atoms with E-state index >= 15 is 0 Å². The highest BCUT2D eigenvalue weighted by molar-refractivity contribution is 5.55. The Morgan fingerprint density at radius 1 is 1.16 bits per heavy atom. The monoisotopic (exact) mass is 341 g/mol. The van der Waals surface area contributed by atoms with Crippen molar-refractivity contribution in [3.8, 4) is 17.1 Å². The van der Waals surface area contributed by atoms with Gasteiger partial charge in [0.2, 0.25) is 11.7 Å². The molecule has 0 saturated carbocycles. The molecule has 1 atom stereocenters. The highest BCUT2D eigenvalue weighted by atomic mass is 19.1. The first-order chi connectivity index (χ1) is 12.2. The quantitative estimate of drug-likeness (QED) is 0.700. The lowest BCUT2D eigenvalue weighted by Crippen LogP contribution is -2.19.